The summed E-state index contributed by atoms with van der Waals surface area (Å²) in [6.45, 7) is 0. The van der Waals surface area contributed by atoms with E-state index >= 15 is 0 Å². The molecule has 0 aliphatic carbocycles. The van der Waals surface area contributed by atoms with Gasteiger partial charge in [0, 0.05) is 16.1 Å². The second-order valence-corrected chi connectivity index (χ2v) is 6.77. The Morgan fingerprint density at radius 2 is 1.69 bits per heavy atom. The first kappa shape index (κ1) is 16.4. The summed E-state index contributed by atoms with van der Waals surface area (Å²) in [5.74, 6) is 0.879. The number of carbonyl (C=O) groups is 1. The van der Waals surface area contributed by atoms with E-state index in [9.17, 15) is 4.79 Å². The molecule has 5 heteroatoms. The van der Waals surface area contributed by atoms with E-state index in [1.165, 1.54) is 11.8 Å². The number of oxazole rings is 1. The van der Waals surface area contributed by atoms with Crippen molar-refractivity contribution in [2.24, 2.45) is 0 Å². The van der Waals surface area contributed by atoms with Gasteiger partial charge in [-0.2, -0.15) is 0 Å². The van der Waals surface area contributed by atoms with Crippen molar-refractivity contribution in [3.05, 3.63) is 78.9 Å². The monoisotopic (exact) mass is 360 g/mol. The summed E-state index contributed by atoms with van der Waals surface area (Å²) in [4.78, 5) is 17.8. The SMILES string of the molecule is O=C(CSc1ccccc1)Nc1ccc2oc(-c3ccccc3)nc2c1. The van der Waals surface area contributed by atoms with Gasteiger partial charge in [0.25, 0.3) is 0 Å². The van der Waals surface area contributed by atoms with Gasteiger partial charge in [-0.3, -0.25) is 4.79 Å². The Labute approximate surface area is 155 Å². The maximum absolute atomic E-state index is 12.2. The molecule has 0 saturated heterocycles. The molecule has 1 heterocycles. The highest BCUT2D eigenvalue weighted by Crippen LogP contribution is 2.26. The van der Waals surface area contributed by atoms with Gasteiger partial charge in [-0.1, -0.05) is 36.4 Å². The minimum atomic E-state index is -0.0509. The topological polar surface area (TPSA) is 55.1 Å². The molecule has 0 atom stereocenters. The third-order valence-electron chi connectivity index (χ3n) is 3.81. The molecular weight excluding hydrogens is 344 g/mol. The summed E-state index contributed by atoms with van der Waals surface area (Å²) in [5, 5.41) is 2.91. The van der Waals surface area contributed by atoms with Crippen LogP contribution < -0.4 is 5.32 Å². The van der Waals surface area contributed by atoms with Crippen LogP contribution in [0.3, 0.4) is 0 Å². The maximum atomic E-state index is 12.2. The van der Waals surface area contributed by atoms with Gasteiger partial charge < -0.3 is 9.73 Å². The molecular formula is C21H16N2O2S. The molecule has 0 fully saturated rings. The number of rotatable bonds is 5. The van der Waals surface area contributed by atoms with Crippen molar-refractivity contribution in [1.29, 1.82) is 0 Å². The molecule has 1 N–H and O–H groups in total. The number of fused-ring (bicyclic) bond motifs is 1. The van der Waals surface area contributed by atoms with Crippen molar-refractivity contribution < 1.29 is 9.21 Å². The number of nitrogens with one attached hydrogen (secondary N) is 1. The third kappa shape index (κ3) is 3.78. The summed E-state index contributed by atoms with van der Waals surface area (Å²) < 4.78 is 5.79. The highest BCUT2D eigenvalue weighted by molar-refractivity contribution is 8.00. The van der Waals surface area contributed by atoms with Crippen molar-refractivity contribution in [1.82, 2.24) is 4.98 Å². The first-order valence-electron chi connectivity index (χ1n) is 8.22. The minimum absolute atomic E-state index is 0.0509. The molecule has 4 nitrogen and oxygen atoms in total. The molecule has 128 valence electrons. The number of amides is 1. The fraction of sp³-hybridized carbons (Fsp3) is 0.0476. The maximum Gasteiger partial charge on any atom is 0.234 e. The molecule has 1 amide bonds. The Bertz CT molecular complexity index is 1030. The van der Waals surface area contributed by atoms with Gasteiger partial charge in [-0.25, -0.2) is 4.98 Å². The summed E-state index contributed by atoms with van der Waals surface area (Å²) in [6, 6.07) is 25.1. The molecule has 3 aromatic carbocycles. The number of thioether (sulfide) groups is 1. The smallest absolute Gasteiger partial charge is 0.234 e. The molecule has 0 radical (unpaired) electrons. The van der Waals surface area contributed by atoms with E-state index < -0.39 is 0 Å². The zero-order chi connectivity index (χ0) is 17.8. The van der Waals surface area contributed by atoms with Crippen molar-refractivity contribution >= 4 is 34.5 Å². The van der Waals surface area contributed by atoms with Crippen LogP contribution >= 0.6 is 11.8 Å². The van der Waals surface area contributed by atoms with Crippen LogP contribution in [0, 0.1) is 0 Å². The summed E-state index contributed by atoms with van der Waals surface area (Å²) >= 11 is 1.51. The molecule has 26 heavy (non-hydrogen) atoms. The molecule has 4 rings (SSSR count). The predicted molar refractivity (Wildman–Crippen MR) is 105 cm³/mol. The molecule has 4 aromatic rings. The van der Waals surface area contributed by atoms with Crippen LogP contribution in [-0.4, -0.2) is 16.6 Å². The fourth-order valence-electron chi connectivity index (χ4n) is 2.57. The minimum Gasteiger partial charge on any atom is -0.436 e. The van der Waals surface area contributed by atoms with Crippen LogP contribution in [0.5, 0.6) is 0 Å². The van der Waals surface area contributed by atoms with Gasteiger partial charge in [0.05, 0.1) is 5.75 Å². The van der Waals surface area contributed by atoms with E-state index in [-0.39, 0.29) is 5.91 Å². The lowest BCUT2D eigenvalue weighted by Crippen LogP contribution is -2.13. The van der Waals surface area contributed by atoms with Crippen molar-refractivity contribution in [3.63, 3.8) is 0 Å². The predicted octanol–water partition coefficient (Wildman–Crippen LogP) is 5.23. The van der Waals surface area contributed by atoms with Crippen molar-refractivity contribution in [3.8, 4) is 11.5 Å². The zero-order valence-corrected chi connectivity index (χ0v) is 14.7. The molecule has 0 saturated carbocycles. The fourth-order valence-corrected chi connectivity index (χ4v) is 3.29. The Balaban J connectivity index is 1.46. The number of aromatic nitrogens is 1. The van der Waals surface area contributed by atoms with Crippen LogP contribution in [0.2, 0.25) is 0 Å². The standard InChI is InChI=1S/C21H16N2O2S/c24-20(14-26-17-9-5-2-6-10-17)22-16-11-12-19-18(13-16)23-21(25-19)15-7-3-1-4-8-15/h1-13H,14H2,(H,22,24). The highest BCUT2D eigenvalue weighted by atomic mass is 32.2. The normalized spacial score (nSPS) is 10.8. The average molecular weight is 360 g/mol. The van der Waals surface area contributed by atoms with Gasteiger partial charge in [0.2, 0.25) is 11.8 Å². The van der Waals surface area contributed by atoms with Crippen LogP contribution in [-0.2, 0) is 4.79 Å². The summed E-state index contributed by atoms with van der Waals surface area (Å²) in [5.41, 5.74) is 3.05. The second-order valence-electron chi connectivity index (χ2n) is 5.72. The third-order valence-corrected chi connectivity index (χ3v) is 4.82. The number of anilines is 1. The van der Waals surface area contributed by atoms with E-state index in [1.807, 2.05) is 78.9 Å². The first-order chi connectivity index (χ1) is 12.8. The number of hydrogen-bond donors (Lipinski definition) is 1. The molecule has 0 aliphatic heterocycles. The Kier molecular flexibility index (Phi) is 4.71. The zero-order valence-electron chi connectivity index (χ0n) is 13.9. The Morgan fingerprint density at radius 3 is 2.46 bits per heavy atom. The van der Waals surface area contributed by atoms with Crippen LogP contribution in [0.4, 0.5) is 5.69 Å². The molecule has 0 unspecified atom stereocenters. The van der Waals surface area contributed by atoms with E-state index in [4.69, 9.17) is 4.42 Å². The number of hydrogen-bond acceptors (Lipinski definition) is 4. The lowest BCUT2D eigenvalue weighted by Gasteiger charge is -2.04. The molecule has 0 aliphatic rings. The number of benzene rings is 3. The molecule has 1 aromatic heterocycles. The molecule has 0 spiro atoms. The van der Waals surface area contributed by atoms with Gasteiger partial charge >= 0.3 is 0 Å². The van der Waals surface area contributed by atoms with Crippen LogP contribution in [0.1, 0.15) is 0 Å². The van der Waals surface area contributed by atoms with Gasteiger partial charge in [-0.05, 0) is 42.5 Å². The molecule has 0 bridgehead atoms. The van der Waals surface area contributed by atoms with Crippen molar-refractivity contribution in [2.45, 2.75) is 4.90 Å². The summed E-state index contributed by atoms with van der Waals surface area (Å²) in [7, 11) is 0. The lowest BCUT2D eigenvalue weighted by atomic mass is 10.2. The van der Waals surface area contributed by atoms with E-state index in [1.54, 1.807) is 0 Å². The van der Waals surface area contributed by atoms with E-state index in [0.29, 0.717) is 22.9 Å². The van der Waals surface area contributed by atoms with E-state index in [0.717, 1.165) is 16.0 Å². The van der Waals surface area contributed by atoms with Gasteiger partial charge in [0.1, 0.15) is 5.52 Å². The van der Waals surface area contributed by atoms with Crippen LogP contribution in [0.15, 0.2) is 88.2 Å². The number of nitrogens with zero attached hydrogens (tertiary/aromatic N) is 1. The Hall–Kier alpha value is -3.05. The van der Waals surface area contributed by atoms with Gasteiger partial charge in [0.15, 0.2) is 5.58 Å². The Morgan fingerprint density at radius 1 is 0.962 bits per heavy atom. The average Bonchev–Trinajstić information content (AvgIpc) is 3.11. The lowest BCUT2D eigenvalue weighted by molar-refractivity contribution is -0.113. The first-order valence-corrected chi connectivity index (χ1v) is 9.20. The van der Waals surface area contributed by atoms with Crippen LogP contribution in [0.25, 0.3) is 22.6 Å². The van der Waals surface area contributed by atoms with Gasteiger partial charge in [-0.15, -0.1) is 11.8 Å². The largest absolute Gasteiger partial charge is 0.436 e. The van der Waals surface area contributed by atoms with Crippen molar-refractivity contribution in [2.75, 3.05) is 11.1 Å². The highest BCUT2D eigenvalue weighted by Gasteiger charge is 2.10. The second kappa shape index (κ2) is 7.45. The quantitative estimate of drug-likeness (QED) is 0.495. The number of carbonyl (C=O) groups excluding carboxylic acids is 1. The summed E-state index contributed by atoms with van der Waals surface area (Å²) in [6.07, 6.45) is 0. The van der Waals surface area contributed by atoms with E-state index in [2.05, 4.69) is 10.3 Å².